The summed E-state index contributed by atoms with van der Waals surface area (Å²) in [4.78, 5) is 17.4. The maximum Gasteiger partial charge on any atom is 0.243 e. The summed E-state index contributed by atoms with van der Waals surface area (Å²) in [6.07, 6.45) is 0.735. The third kappa shape index (κ3) is 7.41. The van der Waals surface area contributed by atoms with Crippen LogP contribution in [0.1, 0.15) is 11.1 Å². The fourth-order valence-corrected chi connectivity index (χ4v) is 1.99. The van der Waals surface area contributed by atoms with Crippen LogP contribution in [0.3, 0.4) is 0 Å². The summed E-state index contributed by atoms with van der Waals surface area (Å²) in [7, 11) is 5.01. The second-order valence-electron chi connectivity index (χ2n) is 5.62. The number of guanidine groups is 1. The average molecular weight is 338 g/mol. The van der Waals surface area contributed by atoms with Gasteiger partial charge >= 0.3 is 0 Å². The Morgan fingerprint density at radius 3 is 2.62 bits per heavy atom. The number of likely N-dealkylation sites (N-methyl/N-ethyl adjacent to an activating group) is 1. The van der Waals surface area contributed by atoms with E-state index in [1.807, 2.05) is 6.92 Å². The minimum Gasteiger partial charge on any atom is -0.383 e. The number of rotatable bonds is 8. The van der Waals surface area contributed by atoms with E-state index in [1.165, 1.54) is 17.0 Å². The molecule has 0 bridgehead atoms. The van der Waals surface area contributed by atoms with Crippen molar-refractivity contribution in [3.63, 3.8) is 0 Å². The van der Waals surface area contributed by atoms with E-state index in [0.717, 1.165) is 17.5 Å². The molecule has 1 rings (SSSR count). The lowest BCUT2D eigenvalue weighted by Crippen LogP contribution is -2.40. The normalized spacial score (nSPS) is 11.3. The van der Waals surface area contributed by atoms with E-state index in [4.69, 9.17) is 4.74 Å². The predicted octanol–water partition coefficient (Wildman–Crippen LogP) is 0.946. The number of aliphatic imine (C=N–C) groups is 1. The van der Waals surface area contributed by atoms with Crippen molar-refractivity contribution >= 4 is 11.9 Å². The first kappa shape index (κ1) is 19.9. The van der Waals surface area contributed by atoms with Gasteiger partial charge in [0.2, 0.25) is 5.91 Å². The molecule has 1 aromatic carbocycles. The molecule has 6 nitrogen and oxygen atoms in total. The van der Waals surface area contributed by atoms with Crippen molar-refractivity contribution in [1.82, 2.24) is 15.5 Å². The largest absolute Gasteiger partial charge is 0.383 e. The van der Waals surface area contributed by atoms with Gasteiger partial charge in [-0.3, -0.25) is 4.79 Å². The SMILES string of the molecule is COCCNC(=NCC(=O)N(C)C)NCCc1ccc(F)cc1C. The molecule has 1 amide bonds. The molecule has 0 aliphatic heterocycles. The van der Waals surface area contributed by atoms with Gasteiger partial charge in [-0.05, 0) is 36.6 Å². The number of amides is 1. The van der Waals surface area contributed by atoms with Crippen molar-refractivity contribution in [2.45, 2.75) is 13.3 Å². The Balaban J connectivity index is 2.56. The van der Waals surface area contributed by atoms with Gasteiger partial charge in [-0.2, -0.15) is 0 Å². The van der Waals surface area contributed by atoms with Gasteiger partial charge in [0.1, 0.15) is 12.4 Å². The van der Waals surface area contributed by atoms with Crippen LogP contribution in [-0.2, 0) is 16.0 Å². The van der Waals surface area contributed by atoms with Gasteiger partial charge in [-0.25, -0.2) is 9.38 Å². The fraction of sp³-hybridized carbons (Fsp3) is 0.529. The molecule has 0 heterocycles. The Morgan fingerprint density at radius 1 is 1.29 bits per heavy atom. The lowest BCUT2D eigenvalue weighted by molar-refractivity contribution is -0.127. The van der Waals surface area contributed by atoms with E-state index < -0.39 is 0 Å². The highest BCUT2D eigenvalue weighted by atomic mass is 19.1. The van der Waals surface area contributed by atoms with Crippen LogP contribution in [0.25, 0.3) is 0 Å². The van der Waals surface area contributed by atoms with Gasteiger partial charge < -0.3 is 20.3 Å². The van der Waals surface area contributed by atoms with Gasteiger partial charge in [-0.1, -0.05) is 6.07 Å². The van der Waals surface area contributed by atoms with E-state index in [2.05, 4.69) is 15.6 Å². The molecule has 0 saturated heterocycles. The summed E-state index contributed by atoms with van der Waals surface area (Å²) in [6.45, 7) is 3.72. The van der Waals surface area contributed by atoms with Gasteiger partial charge in [0.05, 0.1) is 6.61 Å². The molecule has 0 aromatic heterocycles. The number of ether oxygens (including phenoxy) is 1. The average Bonchev–Trinajstić information content (AvgIpc) is 2.53. The molecule has 2 N–H and O–H groups in total. The summed E-state index contributed by atoms with van der Waals surface area (Å²) >= 11 is 0. The molecular weight excluding hydrogens is 311 g/mol. The highest BCUT2D eigenvalue weighted by Gasteiger charge is 2.05. The summed E-state index contributed by atoms with van der Waals surface area (Å²) < 4.78 is 18.1. The summed E-state index contributed by atoms with van der Waals surface area (Å²) in [5.74, 6) is 0.258. The number of benzene rings is 1. The second kappa shape index (κ2) is 10.6. The first-order valence-electron chi connectivity index (χ1n) is 7.90. The lowest BCUT2D eigenvalue weighted by Gasteiger charge is -2.14. The van der Waals surface area contributed by atoms with E-state index in [1.54, 1.807) is 27.3 Å². The van der Waals surface area contributed by atoms with Crippen molar-refractivity contribution in [2.24, 2.45) is 4.99 Å². The van der Waals surface area contributed by atoms with Crippen LogP contribution in [0.15, 0.2) is 23.2 Å². The number of nitrogens with one attached hydrogen (secondary N) is 2. The van der Waals surface area contributed by atoms with Gasteiger partial charge in [0, 0.05) is 34.3 Å². The van der Waals surface area contributed by atoms with E-state index in [0.29, 0.717) is 25.7 Å². The molecule has 7 heteroatoms. The molecule has 0 radical (unpaired) electrons. The quantitative estimate of drug-likeness (QED) is 0.421. The summed E-state index contributed by atoms with van der Waals surface area (Å²) in [6, 6.07) is 4.78. The monoisotopic (exact) mass is 338 g/mol. The topological polar surface area (TPSA) is 66.0 Å². The first-order valence-corrected chi connectivity index (χ1v) is 7.90. The van der Waals surface area contributed by atoms with Crippen molar-refractivity contribution in [1.29, 1.82) is 0 Å². The standard InChI is InChI=1S/C17H27FN4O2/c1-13-11-15(18)6-5-14(13)7-8-19-17(20-9-10-24-4)21-12-16(23)22(2)3/h5-6,11H,7-10,12H2,1-4H3,(H2,19,20,21). The molecule has 134 valence electrons. The van der Waals surface area contributed by atoms with E-state index in [-0.39, 0.29) is 18.3 Å². The molecule has 0 spiro atoms. The molecular formula is C17H27FN4O2. The number of carbonyl (C=O) groups excluding carboxylic acids is 1. The van der Waals surface area contributed by atoms with E-state index in [9.17, 15) is 9.18 Å². The van der Waals surface area contributed by atoms with E-state index >= 15 is 0 Å². The number of carbonyl (C=O) groups is 1. The third-order valence-electron chi connectivity index (χ3n) is 3.46. The lowest BCUT2D eigenvalue weighted by atomic mass is 10.1. The smallest absolute Gasteiger partial charge is 0.243 e. The second-order valence-corrected chi connectivity index (χ2v) is 5.62. The van der Waals surface area contributed by atoms with Gasteiger partial charge in [0.15, 0.2) is 5.96 Å². The Kier molecular flexibility index (Phi) is 8.78. The maximum absolute atomic E-state index is 13.1. The summed E-state index contributed by atoms with van der Waals surface area (Å²) in [5.41, 5.74) is 2.00. The summed E-state index contributed by atoms with van der Waals surface area (Å²) in [5, 5.41) is 6.29. The molecule has 24 heavy (non-hydrogen) atoms. The zero-order chi connectivity index (χ0) is 17.9. The number of hydrogen-bond acceptors (Lipinski definition) is 3. The van der Waals surface area contributed by atoms with Crippen LogP contribution in [-0.4, -0.2) is 64.2 Å². The van der Waals surface area contributed by atoms with Crippen LogP contribution in [0.4, 0.5) is 4.39 Å². The Hall–Kier alpha value is -2.15. The van der Waals surface area contributed by atoms with Gasteiger partial charge in [-0.15, -0.1) is 0 Å². The zero-order valence-corrected chi connectivity index (χ0v) is 14.9. The fourth-order valence-electron chi connectivity index (χ4n) is 1.99. The van der Waals surface area contributed by atoms with Crippen molar-refractivity contribution in [3.8, 4) is 0 Å². The molecule has 0 atom stereocenters. The predicted molar refractivity (Wildman–Crippen MR) is 93.7 cm³/mol. The number of aryl methyl sites for hydroxylation is 1. The zero-order valence-electron chi connectivity index (χ0n) is 14.9. The molecule has 0 saturated carbocycles. The van der Waals surface area contributed by atoms with Crippen LogP contribution in [0.2, 0.25) is 0 Å². The van der Waals surface area contributed by atoms with Crippen LogP contribution < -0.4 is 10.6 Å². The first-order chi connectivity index (χ1) is 11.4. The minimum atomic E-state index is -0.227. The van der Waals surface area contributed by atoms with Crippen molar-refractivity contribution < 1.29 is 13.9 Å². The Bertz CT molecular complexity index is 562. The van der Waals surface area contributed by atoms with Crippen molar-refractivity contribution in [2.75, 3.05) is 47.4 Å². The highest BCUT2D eigenvalue weighted by molar-refractivity contribution is 5.84. The molecule has 0 fully saturated rings. The minimum absolute atomic E-state index is 0.0720. The molecule has 0 aliphatic carbocycles. The number of methoxy groups -OCH3 is 1. The van der Waals surface area contributed by atoms with Crippen molar-refractivity contribution in [3.05, 3.63) is 35.1 Å². The Morgan fingerprint density at radius 2 is 2.00 bits per heavy atom. The number of hydrogen-bond donors (Lipinski definition) is 2. The van der Waals surface area contributed by atoms with Gasteiger partial charge in [0.25, 0.3) is 0 Å². The molecule has 0 aliphatic rings. The Labute approximate surface area is 143 Å². The number of nitrogens with zero attached hydrogens (tertiary/aromatic N) is 2. The van der Waals surface area contributed by atoms with Crippen LogP contribution in [0.5, 0.6) is 0 Å². The van der Waals surface area contributed by atoms with Crippen LogP contribution >= 0.6 is 0 Å². The third-order valence-corrected chi connectivity index (χ3v) is 3.46. The highest BCUT2D eigenvalue weighted by Crippen LogP contribution is 2.10. The maximum atomic E-state index is 13.1. The number of halogens is 1. The molecule has 1 aromatic rings. The van der Waals surface area contributed by atoms with Crippen LogP contribution in [0, 0.1) is 12.7 Å². The molecule has 0 unspecified atom stereocenters.